The molecule has 0 saturated carbocycles. The highest BCUT2D eigenvalue weighted by Gasteiger charge is 2.22. The zero-order valence-electron chi connectivity index (χ0n) is 23.0. The van der Waals surface area contributed by atoms with Crippen molar-refractivity contribution in [2.45, 2.75) is 0 Å². The summed E-state index contributed by atoms with van der Waals surface area (Å²) in [4.78, 5) is 30.4. The fourth-order valence-electron chi connectivity index (χ4n) is 3.87. The van der Waals surface area contributed by atoms with Crippen LogP contribution in [0.5, 0.6) is 23.3 Å². The number of benzene rings is 3. The molecular weight excluding hydrogens is 550 g/mol. The van der Waals surface area contributed by atoms with Gasteiger partial charge in [0.05, 0.1) is 14.2 Å². The average Bonchev–Trinajstić information content (AvgIpc) is 2.98. The van der Waals surface area contributed by atoms with Crippen LogP contribution in [0.1, 0.15) is 26.3 Å². The van der Waals surface area contributed by atoms with Gasteiger partial charge < -0.3 is 29.6 Å². The highest BCUT2D eigenvalue weighted by atomic mass is 19.1. The quantitative estimate of drug-likeness (QED) is 0.150. The maximum atomic E-state index is 14.9. The minimum absolute atomic E-state index is 0.0236. The van der Waals surface area contributed by atoms with Gasteiger partial charge in [0.1, 0.15) is 28.5 Å². The van der Waals surface area contributed by atoms with Crippen molar-refractivity contribution in [1.29, 1.82) is 5.41 Å². The van der Waals surface area contributed by atoms with Crippen molar-refractivity contribution in [2.75, 3.05) is 33.2 Å². The van der Waals surface area contributed by atoms with Crippen molar-refractivity contribution in [3.63, 3.8) is 0 Å². The number of nitrogens with two attached hydrogens (primary N) is 1. The summed E-state index contributed by atoms with van der Waals surface area (Å²) in [6.07, 6.45) is 0. The van der Waals surface area contributed by atoms with E-state index >= 15 is 0 Å². The van der Waals surface area contributed by atoms with E-state index in [1.54, 1.807) is 55.4 Å². The fourth-order valence-corrected chi connectivity index (χ4v) is 3.87. The van der Waals surface area contributed by atoms with Crippen molar-refractivity contribution in [2.24, 2.45) is 5.73 Å². The number of rotatable bonds is 9. The molecule has 0 fully saturated rings. The number of pyridine rings is 1. The van der Waals surface area contributed by atoms with E-state index in [1.807, 2.05) is 0 Å². The number of carbonyl (C=O) groups excluding carboxylic acids is 2. The van der Waals surface area contributed by atoms with Crippen LogP contribution in [0.4, 0.5) is 14.5 Å². The van der Waals surface area contributed by atoms with E-state index < -0.39 is 35.3 Å². The molecule has 12 heteroatoms. The predicted molar refractivity (Wildman–Crippen MR) is 151 cm³/mol. The maximum absolute atomic E-state index is 14.9. The molecule has 3 aromatic carbocycles. The molecular formula is C30H26F2N4O6. The van der Waals surface area contributed by atoms with E-state index in [-0.39, 0.29) is 28.5 Å². The number of esters is 2. The molecule has 0 spiro atoms. The number of nitrogens with one attached hydrogen (secondary N) is 1. The zero-order valence-corrected chi connectivity index (χ0v) is 23.0. The minimum Gasteiger partial charge on any atom is -0.465 e. The molecule has 0 bridgehead atoms. The van der Waals surface area contributed by atoms with Gasteiger partial charge in [-0.25, -0.2) is 18.4 Å². The second-order valence-electron chi connectivity index (χ2n) is 9.03. The van der Waals surface area contributed by atoms with Gasteiger partial charge in [-0.1, -0.05) is 24.3 Å². The Kier molecular flexibility index (Phi) is 8.65. The summed E-state index contributed by atoms with van der Waals surface area (Å²) < 4.78 is 50.8. The molecule has 3 N–H and O–H groups in total. The third-order valence-corrected chi connectivity index (χ3v) is 6.06. The summed E-state index contributed by atoms with van der Waals surface area (Å²) in [5.41, 5.74) is 7.75. The van der Waals surface area contributed by atoms with Gasteiger partial charge in [-0.3, -0.25) is 5.41 Å². The van der Waals surface area contributed by atoms with Gasteiger partial charge in [0.15, 0.2) is 11.6 Å². The summed E-state index contributed by atoms with van der Waals surface area (Å²) in [7, 11) is 5.85. The zero-order chi connectivity index (χ0) is 30.6. The number of carbonyl (C=O) groups is 2. The molecule has 10 nitrogen and oxygen atoms in total. The van der Waals surface area contributed by atoms with E-state index in [9.17, 15) is 18.4 Å². The normalized spacial score (nSPS) is 10.5. The summed E-state index contributed by atoms with van der Waals surface area (Å²) in [6.45, 7) is 0. The van der Waals surface area contributed by atoms with Gasteiger partial charge in [0.2, 0.25) is 0 Å². The molecule has 0 atom stereocenters. The standard InChI is InChI=1S/C30H26F2N4O6/c1-36(2)19-9-11-21(30(38)40-4)25(14-19)42-28-23(32)15-22(31)27(35-28)41-24-13-17(8-10-20(24)29(37)39-3)16-6-5-7-18(12-16)26(33)34/h5-15H,1-4H3,(H3,33,34). The van der Waals surface area contributed by atoms with Gasteiger partial charge >= 0.3 is 11.9 Å². The lowest BCUT2D eigenvalue weighted by Gasteiger charge is -2.17. The molecule has 4 aromatic rings. The Bertz CT molecular complexity index is 1690. The van der Waals surface area contributed by atoms with Crippen molar-refractivity contribution in [3.05, 3.63) is 95.1 Å². The predicted octanol–water partition coefficient (Wildman–Crippen LogP) is 5.53. The number of nitrogens with zero attached hydrogens (tertiary/aromatic N) is 2. The monoisotopic (exact) mass is 576 g/mol. The lowest BCUT2D eigenvalue weighted by Crippen LogP contribution is -2.11. The van der Waals surface area contributed by atoms with Gasteiger partial charge in [0.25, 0.3) is 11.8 Å². The largest absolute Gasteiger partial charge is 0.465 e. The van der Waals surface area contributed by atoms with Crippen LogP contribution >= 0.6 is 0 Å². The number of hydrogen-bond donors (Lipinski definition) is 2. The Morgan fingerprint density at radius 1 is 0.786 bits per heavy atom. The molecule has 0 unspecified atom stereocenters. The number of halogens is 2. The third kappa shape index (κ3) is 6.28. The first-order valence-corrected chi connectivity index (χ1v) is 12.3. The number of anilines is 1. The molecule has 4 rings (SSSR count). The summed E-state index contributed by atoms with van der Waals surface area (Å²) in [5, 5.41) is 7.69. The van der Waals surface area contributed by atoms with Crippen LogP contribution < -0.4 is 20.1 Å². The molecule has 0 radical (unpaired) electrons. The number of amidine groups is 1. The summed E-state index contributed by atoms with van der Waals surface area (Å²) >= 11 is 0. The van der Waals surface area contributed by atoms with Crippen LogP contribution in [0.3, 0.4) is 0 Å². The number of nitrogen functional groups attached to an aromatic ring is 1. The van der Waals surface area contributed by atoms with Crippen LogP contribution in [0.2, 0.25) is 0 Å². The van der Waals surface area contributed by atoms with Gasteiger partial charge in [-0.15, -0.1) is 0 Å². The molecule has 42 heavy (non-hydrogen) atoms. The summed E-state index contributed by atoms with van der Waals surface area (Å²) in [6, 6.07) is 16.2. The number of ether oxygens (including phenoxy) is 4. The molecule has 0 aliphatic heterocycles. The lowest BCUT2D eigenvalue weighted by atomic mass is 10.0. The molecule has 0 amide bonds. The van der Waals surface area contributed by atoms with Crippen molar-refractivity contribution in [1.82, 2.24) is 4.98 Å². The molecule has 0 aliphatic rings. The van der Waals surface area contributed by atoms with Crippen molar-refractivity contribution >= 4 is 23.5 Å². The smallest absolute Gasteiger partial charge is 0.341 e. The second-order valence-corrected chi connectivity index (χ2v) is 9.03. The molecule has 0 aliphatic carbocycles. The first-order valence-electron chi connectivity index (χ1n) is 12.3. The Hall–Kier alpha value is -5.52. The van der Waals surface area contributed by atoms with E-state index in [0.717, 1.165) is 0 Å². The number of methoxy groups -OCH3 is 2. The fraction of sp³-hybridized carbons (Fsp3) is 0.133. The van der Waals surface area contributed by atoms with Gasteiger partial charge in [-0.05, 0) is 41.5 Å². The average molecular weight is 577 g/mol. The van der Waals surface area contributed by atoms with Gasteiger partial charge in [0, 0.05) is 37.5 Å². The Morgan fingerprint density at radius 3 is 1.88 bits per heavy atom. The van der Waals surface area contributed by atoms with Crippen LogP contribution in [0.15, 0.2) is 66.7 Å². The van der Waals surface area contributed by atoms with Gasteiger partial charge in [-0.2, -0.15) is 4.98 Å². The maximum Gasteiger partial charge on any atom is 0.341 e. The molecule has 1 heterocycles. The SMILES string of the molecule is COC(=O)c1ccc(-c2cccc(C(=N)N)c2)cc1Oc1nc(Oc2cc(N(C)C)ccc2C(=O)OC)c(F)cc1F. The minimum atomic E-state index is -1.19. The van der Waals surface area contributed by atoms with E-state index in [0.29, 0.717) is 28.4 Å². The van der Waals surface area contributed by atoms with E-state index in [4.69, 9.17) is 30.1 Å². The second kappa shape index (κ2) is 12.3. The Labute approximate surface area is 239 Å². The first-order chi connectivity index (χ1) is 20.0. The third-order valence-electron chi connectivity index (χ3n) is 6.06. The number of hydrogen-bond acceptors (Lipinski definition) is 9. The van der Waals surface area contributed by atoms with Crippen LogP contribution in [0.25, 0.3) is 11.1 Å². The topological polar surface area (TPSA) is 137 Å². The van der Waals surface area contributed by atoms with E-state index in [2.05, 4.69) is 4.98 Å². The van der Waals surface area contributed by atoms with Crippen LogP contribution in [-0.4, -0.2) is 51.1 Å². The van der Waals surface area contributed by atoms with Crippen LogP contribution in [0, 0.1) is 17.0 Å². The first kappa shape index (κ1) is 29.5. The van der Waals surface area contributed by atoms with E-state index in [1.165, 1.54) is 38.5 Å². The van der Waals surface area contributed by atoms with Crippen LogP contribution in [-0.2, 0) is 9.47 Å². The Balaban J connectivity index is 1.78. The Morgan fingerprint density at radius 2 is 1.33 bits per heavy atom. The summed E-state index contributed by atoms with van der Waals surface area (Å²) in [5.74, 6) is -5.69. The number of aromatic nitrogens is 1. The molecule has 0 saturated heterocycles. The highest BCUT2D eigenvalue weighted by Crippen LogP contribution is 2.36. The molecule has 216 valence electrons. The van der Waals surface area contributed by atoms with Crippen molar-refractivity contribution in [3.8, 4) is 34.4 Å². The highest BCUT2D eigenvalue weighted by molar-refractivity contribution is 5.97. The molecule has 1 aromatic heterocycles. The van der Waals surface area contributed by atoms with Crippen molar-refractivity contribution < 1.29 is 37.3 Å². The lowest BCUT2D eigenvalue weighted by molar-refractivity contribution is 0.0589.